The summed E-state index contributed by atoms with van der Waals surface area (Å²) in [6.45, 7) is 6.12. The van der Waals surface area contributed by atoms with Gasteiger partial charge in [0.25, 0.3) is 0 Å². The quantitative estimate of drug-likeness (QED) is 0.626. The minimum atomic E-state index is -4.91. The SMILES string of the molecule is Cc1cc(C)c([I+]c2ccc(Br)c(NC(=O)C(F)(F)F)c2)c(C)c1. The van der Waals surface area contributed by atoms with Crippen molar-refractivity contribution < 1.29 is 39.2 Å². The normalized spacial score (nSPS) is 11.5. The average Bonchev–Trinajstić information content (AvgIpc) is 2.45. The Morgan fingerprint density at radius 2 is 1.67 bits per heavy atom. The van der Waals surface area contributed by atoms with Crippen molar-refractivity contribution in [1.82, 2.24) is 0 Å². The molecule has 2 rings (SSSR count). The molecule has 7 heteroatoms. The van der Waals surface area contributed by atoms with Crippen LogP contribution >= 0.6 is 15.9 Å². The van der Waals surface area contributed by atoms with Crippen LogP contribution < -0.4 is 26.5 Å². The van der Waals surface area contributed by atoms with E-state index < -0.39 is 33.3 Å². The lowest BCUT2D eigenvalue weighted by Crippen LogP contribution is -3.62. The summed E-state index contributed by atoms with van der Waals surface area (Å²) in [5, 5.41) is 1.92. The molecule has 0 atom stereocenters. The number of halogens is 5. The fourth-order valence-electron chi connectivity index (χ4n) is 2.27. The first-order valence-corrected chi connectivity index (χ1v) is 9.93. The van der Waals surface area contributed by atoms with Gasteiger partial charge in [0.2, 0.25) is 0 Å². The largest absolute Gasteiger partial charge is 0.471 e. The molecule has 0 aliphatic heterocycles. The van der Waals surface area contributed by atoms with Crippen LogP contribution in [0.2, 0.25) is 0 Å². The van der Waals surface area contributed by atoms with Gasteiger partial charge in [-0.3, -0.25) is 4.79 Å². The van der Waals surface area contributed by atoms with Crippen molar-refractivity contribution in [2.24, 2.45) is 0 Å². The van der Waals surface area contributed by atoms with E-state index in [9.17, 15) is 18.0 Å². The molecule has 0 fully saturated rings. The van der Waals surface area contributed by atoms with E-state index in [1.165, 1.54) is 20.3 Å². The number of hydrogen-bond donors (Lipinski definition) is 1. The van der Waals surface area contributed by atoms with Crippen LogP contribution in [0.15, 0.2) is 34.8 Å². The average molecular weight is 513 g/mol. The van der Waals surface area contributed by atoms with Crippen molar-refractivity contribution in [2.45, 2.75) is 26.9 Å². The Kier molecular flexibility index (Phi) is 5.95. The number of rotatable bonds is 3. The molecule has 1 amide bonds. The lowest BCUT2D eigenvalue weighted by molar-refractivity contribution is -0.598. The predicted octanol–water partition coefficient (Wildman–Crippen LogP) is 2.00. The van der Waals surface area contributed by atoms with Gasteiger partial charge in [0.05, 0.1) is 5.69 Å². The molecule has 0 unspecified atom stereocenters. The topological polar surface area (TPSA) is 29.1 Å². The second kappa shape index (κ2) is 7.43. The molecular formula is C17H15BrF3INO+. The zero-order valence-corrected chi connectivity index (χ0v) is 16.9. The van der Waals surface area contributed by atoms with E-state index in [4.69, 9.17) is 0 Å². The molecule has 2 nitrogen and oxygen atoms in total. The van der Waals surface area contributed by atoms with Crippen molar-refractivity contribution in [3.63, 3.8) is 0 Å². The number of alkyl halides is 3. The summed E-state index contributed by atoms with van der Waals surface area (Å²) in [5.74, 6) is -1.97. The first-order chi connectivity index (χ1) is 11.1. The summed E-state index contributed by atoms with van der Waals surface area (Å²) < 4.78 is 39.9. The van der Waals surface area contributed by atoms with Gasteiger partial charge in [-0.1, -0.05) is 17.7 Å². The molecule has 0 aliphatic rings. The Labute approximate surface area is 157 Å². The Hall–Kier alpha value is -1.09. The van der Waals surface area contributed by atoms with Crippen LogP contribution in [-0.2, 0) is 4.79 Å². The molecule has 0 aliphatic carbocycles. The van der Waals surface area contributed by atoms with E-state index in [0.717, 1.165) is 3.57 Å². The molecule has 0 saturated heterocycles. The van der Waals surface area contributed by atoms with E-state index in [1.807, 2.05) is 32.2 Å². The number of carbonyl (C=O) groups excluding carboxylic acids is 1. The third kappa shape index (κ3) is 4.72. The Morgan fingerprint density at radius 3 is 2.21 bits per heavy atom. The molecule has 0 aromatic heterocycles. The van der Waals surface area contributed by atoms with Gasteiger partial charge in [-0.2, -0.15) is 13.2 Å². The van der Waals surface area contributed by atoms with Crippen LogP contribution in [0.3, 0.4) is 0 Å². The van der Waals surface area contributed by atoms with Crippen LogP contribution in [0.25, 0.3) is 0 Å². The second-order valence-electron chi connectivity index (χ2n) is 5.38. The molecule has 0 spiro atoms. The van der Waals surface area contributed by atoms with Gasteiger partial charge in [0.15, 0.2) is 7.14 Å². The van der Waals surface area contributed by atoms with Crippen LogP contribution in [0.4, 0.5) is 18.9 Å². The highest BCUT2D eigenvalue weighted by Crippen LogP contribution is 2.24. The van der Waals surface area contributed by atoms with Gasteiger partial charge >= 0.3 is 33.3 Å². The summed E-state index contributed by atoms with van der Waals surface area (Å²) in [4.78, 5) is 11.2. The molecular weight excluding hydrogens is 498 g/mol. The zero-order valence-electron chi connectivity index (χ0n) is 13.2. The van der Waals surface area contributed by atoms with Crippen LogP contribution in [-0.4, -0.2) is 12.1 Å². The third-order valence-electron chi connectivity index (χ3n) is 3.22. The monoisotopic (exact) mass is 512 g/mol. The van der Waals surface area contributed by atoms with Crippen molar-refractivity contribution in [3.8, 4) is 0 Å². The van der Waals surface area contributed by atoms with E-state index >= 15 is 0 Å². The standard InChI is InChI=1S/C17H14BrF3INO/c1-9-6-10(2)15(11(3)7-9)22-12-4-5-13(18)14(8-12)23-16(24)17(19,20)21/h4-8H,1-3H3/p+1. The third-order valence-corrected chi connectivity index (χ3v) is 7.44. The minimum absolute atomic E-state index is 0.136. The summed E-state index contributed by atoms with van der Waals surface area (Å²) in [7, 11) is 0. The highest BCUT2D eigenvalue weighted by Gasteiger charge is 2.39. The van der Waals surface area contributed by atoms with Crippen molar-refractivity contribution in [3.05, 3.63) is 58.6 Å². The van der Waals surface area contributed by atoms with E-state index in [2.05, 4.69) is 28.1 Å². The smallest absolute Gasteiger partial charge is 0.317 e. The van der Waals surface area contributed by atoms with Gasteiger partial charge in [-0.05, 0) is 48.8 Å². The molecule has 0 saturated carbocycles. The number of nitrogens with one attached hydrogen (secondary N) is 1. The van der Waals surface area contributed by atoms with Gasteiger partial charge in [0.1, 0.15) is 0 Å². The second-order valence-corrected chi connectivity index (χ2v) is 9.10. The van der Waals surface area contributed by atoms with Crippen LogP contribution in [0.1, 0.15) is 16.7 Å². The first-order valence-electron chi connectivity index (χ1n) is 6.98. The van der Waals surface area contributed by atoms with Crippen LogP contribution in [0, 0.1) is 27.9 Å². The summed E-state index contributed by atoms with van der Waals surface area (Å²) in [6, 6.07) is 9.36. The summed E-state index contributed by atoms with van der Waals surface area (Å²) >= 11 is 2.61. The number of carbonyl (C=O) groups is 1. The zero-order chi connectivity index (χ0) is 18.1. The number of amides is 1. The minimum Gasteiger partial charge on any atom is -0.317 e. The fourth-order valence-corrected chi connectivity index (χ4v) is 5.22. The lowest BCUT2D eigenvalue weighted by atomic mass is 10.1. The van der Waals surface area contributed by atoms with Gasteiger partial charge in [-0.25, -0.2) is 0 Å². The molecule has 2 aromatic rings. The molecule has 0 bridgehead atoms. The van der Waals surface area contributed by atoms with Crippen LogP contribution in [0.5, 0.6) is 0 Å². The van der Waals surface area contributed by atoms with Gasteiger partial charge < -0.3 is 5.32 Å². The van der Waals surface area contributed by atoms with Gasteiger partial charge in [0, 0.05) is 21.7 Å². The first kappa shape index (κ1) is 19.2. The summed E-state index contributed by atoms with van der Waals surface area (Å²) in [5.41, 5.74) is 3.69. The fraction of sp³-hybridized carbons (Fsp3) is 0.235. The van der Waals surface area contributed by atoms with E-state index in [0.29, 0.717) is 4.47 Å². The molecule has 2 aromatic carbocycles. The molecule has 24 heavy (non-hydrogen) atoms. The van der Waals surface area contributed by atoms with Crippen molar-refractivity contribution in [2.75, 3.05) is 5.32 Å². The van der Waals surface area contributed by atoms with Crippen molar-refractivity contribution >= 4 is 27.5 Å². The maximum absolute atomic E-state index is 12.4. The number of hydrogen-bond acceptors (Lipinski definition) is 1. The Bertz CT molecular complexity index is 767. The molecule has 128 valence electrons. The Balaban J connectivity index is 2.31. The molecule has 0 radical (unpaired) electrons. The Morgan fingerprint density at radius 1 is 1.08 bits per heavy atom. The number of benzene rings is 2. The van der Waals surface area contributed by atoms with E-state index in [1.54, 1.807) is 12.1 Å². The number of aryl methyl sites for hydroxylation is 3. The predicted molar refractivity (Wildman–Crippen MR) is 86.9 cm³/mol. The highest BCUT2D eigenvalue weighted by molar-refractivity contribution is 9.10. The summed E-state index contributed by atoms with van der Waals surface area (Å²) in [6.07, 6.45) is -4.91. The maximum Gasteiger partial charge on any atom is 0.471 e. The maximum atomic E-state index is 12.4. The highest BCUT2D eigenvalue weighted by atomic mass is 127. The molecule has 0 heterocycles. The molecule has 1 N–H and O–H groups in total. The number of anilines is 1. The van der Waals surface area contributed by atoms with Crippen molar-refractivity contribution in [1.29, 1.82) is 0 Å². The van der Waals surface area contributed by atoms with E-state index in [-0.39, 0.29) is 5.69 Å². The lowest BCUT2D eigenvalue weighted by Gasteiger charge is -2.09. The van der Waals surface area contributed by atoms with Gasteiger partial charge in [-0.15, -0.1) is 0 Å².